The maximum atomic E-state index is 11.8. The molecular weight excluding hydrogens is 202 g/mol. The van der Waals surface area contributed by atoms with Crippen molar-refractivity contribution in [1.82, 2.24) is 4.31 Å². The topological polar surface area (TPSA) is 57.6 Å². The molecule has 0 aliphatic carbocycles. The molecule has 1 N–H and O–H groups in total. The van der Waals surface area contributed by atoms with Crippen molar-refractivity contribution in [3.05, 3.63) is 0 Å². The second-order valence-electron chi connectivity index (χ2n) is 3.82. The summed E-state index contributed by atoms with van der Waals surface area (Å²) in [4.78, 5) is 10.9. The van der Waals surface area contributed by atoms with E-state index in [0.29, 0.717) is 13.0 Å². The smallest absolute Gasteiger partial charge is 0.321 e. The van der Waals surface area contributed by atoms with Gasteiger partial charge in [0.15, 0.2) is 0 Å². The number of carboxylic acids is 1. The molecule has 14 heavy (non-hydrogen) atoms. The first-order valence-corrected chi connectivity index (χ1v) is 6.11. The Labute approximate surface area is 86.9 Å². The largest absolute Gasteiger partial charge is 0.480 e. The van der Waals surface area contributed by atoms with E-state index in [1.54, 1.807) is 4.31 Å². The van der Waals surface area contributed by atoms with Crippen LogP contribution in [0.3, 0.4) is 0 Å². The molecule has 5 heteroatoms. The minimum Gasteiger partial charge on any atom is -0.480 e. The first-order chi connectivity index (χ1) is 6.54. The molecule has 1 heterocycles. The number of aliphatic carboxylic acids is 1. The molecule has 1 rings (SSSR count). The van der Waals surface area contributed by atoms with Crippen LogP contribution in [0.5, 0.6) is 0 Å². The normalized spacial score (nSPS) is 26.4. The van der Waals surface area contributed by atoms with E-state index in [0.717, 1.165) is 12.8 Å². The van der Waals surface area contributed by atoms with Gasteiger partial charge in [-0.15, -0.1) is 0 Å². The van der Waals surface area contributed by atoms with Crippen molar-refractivity contribution in [3.8, 4) is 0 Å². The molecule has 0 amide bonds. The summed E-state index contributed by atoms with van der Waals surface area (Å²) in [6.07, 6.45) is 2.48. The van der Waals surface area contributed by atoms with E-state index in [-0.39, 0.29) is 5.25 Å². The van der Waals surface area contributed by atoms with Gasteiger partial charge in [-0.05, 0) is 33.1 Å². The van der Waals surface area contributed by atoms with E-state index in [1.165, 1.54) is 0 Å². The summed E-state index contributed by atoms with van der Waals surface area (Å²) in [5.41, 5.74) is 0. The zero-order chi connectivity index (χ0) is 10.7. The molecule has 1 aliphatic heterocycles. The molecule has 1 saturated heterocycles. The summed E-state index contributed by atoms with van der Waals surface area (Å²) in [7, 11) is -1.16. The zero-order valence-corrected chi connectivity index (χ0v) is 9.42. The number of hydrogen-bond acceptors (Lipinski definition) is 2. The molecule has 82 valence electrons. The Morgan fingerprint density at radius 2 is 2.14 bits per heavy atom. The van der Waals surface area contributed by atoms with Gasteiger partial charge < -0.3 is 5.11 Å². The van der Waals surface area contributed by atoms with E-state index in [4.69, 9.17) is 5.11 Å². The predicted octanol–water partition coefficient (Wildman–Crippen LogP) is 0.998. The number of carboxylic acid groups (broad SMARTS) is 1. The van der Waals surface area contributed by atoms with Crippen LogP contribution in [0, 0.1) is 0 Å². The zero-order valence-electron chi connectivity index (χ0n) is 8.60. The lowest BCUT2D eigenvalue weighted by molar-refractivity contribution is -0.142. The van der Waals surface area contributed by atoms with Crippen LogP contribution in [0.1, 0.15) is 33.1 Å². The van der Waals surface area contributed by atoms with E-state index in [1.807, 2.05) is 13.8 Å². The summed E-state index contributed by atoms with van der Waals surface area (Å²) in [6.45, 7) is 4.34. The van der Waals surface area contributed by atoms with Gasteiger partial charge in [0.05, 0.1) is 11.0 Å². The van der Waals surface area contributed by atoms with Gasteiger partial charge in [0.25, 0.3) is 0 Å². The van der Waals surface area contributed by atoms with Crippen molar-refractivity contribution < 1.29 is 14.1 Å². The highest BCUT2D eigenvalue weighted by Gasteiger charge is 2.32. The molecule has 1 aliphatic rings. The molecule has 0 radical (unpaired) electrons. The van der Waals surface area contributed by atoms with Gasteiger partial charge in [-0.2, -0.15) is 0 Å². The van der Waals surface area contributed by atoms with E-state index in [9.17, 15) is 9.00 Å². The summed E-state index contributed by atoms with van der Waals surface area (Å²) in [6, 6.07) is -0.549. The van der Waals surface area contributed by atoms with E-state index in [2.05, 4.69) is 0 Å². The third kappa shape index (κ3) is 2.54. The van der Waals surface area contributed by atoms with Crippen molar-refractivity contribution in [2.45, 2.75) is 44.4 Å². The fourth-order valence-corrected chi connectivity index (χ4v) is 2.93. The highest BCUT2D eigenvalue weighted by atomic mass is 32.2. The fraction of sp³-hybridized carbons (Fsp3) is 0.889. The number of nitrogens with zero attached hydrogens (tertiary/aromatic N) is 1. The van der Waals surface area contributed by atoms with Crippen LogP contribution in [0.25, 0.3) is 0 Å². The molecular formula is C9H17NO3S. The van der Waals surface area contributed by atoms with Crippen LogP contribution >= 0.6 is 0 Å². The summed E-state index contributed by atoms with van der Waals surface area (Å²) in [5.74, 6) is -0.848. The highest BCUT2D eigenvalue weighted by molar-refractivity contribution is 7.83. The maximum Gasteiger partial charge on any atom is 0.321 e. The van der Waals surface area contributed by atoms with Crippen LogP contribution in [0.4, 0.5) is 0 Å². The van der Waals surface area contributed by atoms with Crippen LogP contribution in [-0.4, -0.2) is 37.4 Å². The average molecular weight is 219 g/mol. The molecule has 0 aromatic rings. The van der Waals surface area contributed by atoms with Crippen molar-refractivity contribution in [3.63, 3.8) is 0 Å². The van der Waals surface area contributed by atoms with E-state index >= 15 is 0 Å². The van der Waals surface area contributed by atoms with Gasteiger partial charge in [0, 0.05) is 11.8 Å². The van der Waals surface area contributed by atoms with Crippen LogP contribution in [0.15, 0.2) is 0 Å². The summed E-state index contributed by atoms with van der Waals surface area (Å²) >= 11 is 0. The maximum absolute atomic E-state index is 11.8. The Hall–Kier alpha value is -0.420. The van der Waals surface area contributed by atoms with Gasteiger partial charge in [0.1, 0.15) is 6.04 Å². The van der Waals surface area contributed by atoms with Crippen molar-refractivity contribution in [2.75, 3.05) is 6.54 Å². The molecule has 0 saturated carbocycles. The lowest BCUT2D eigenvalue weighted by Crippen LogP contribution is -2.47. The molecule has 0 bridgehead atoms. The Kier molecular flexibility index (Phi) is 4.07. The predicted molar refractivity (Wildman–Crippen MR) is 55.3 cm³/mol. The average Bonchev–Trinajstić information content (AvgIpc) is 2.16. The van der Waals surface area contributed by atoms with Crippen molar-refractivity contribution in [2.24, 2.45) is 0 Å². The minimum absolute atomic E-state index is 0.00468. The second-order valence-corrected chi connectivity index (χ2v) is 5.78. The first-order valence-electron chi connectivity index (χ1n) is 4.94. The number of carbonyl (C=O) groups is 1. The minimum atomic E-state index is -1.16. The van der Waals surface area contributed by atoms with Crippen molar-refractivity contribution in [1.29, 1.82) is 0 Å². The molecule has 0 aromatic carbocycles. The number of hydrogen-bond donors (Lipinski definition) is 1. The number of piperidine rings is 1. The van der Waals surface area contributed by atoms with Gasteiger partial charge in [0.2, 0.25) is 0 Å². The SMILES string of the molecule is CC(C)S(=O)N1CCCC[C@H]1C(=O)O. The summed E-state index contributed by atoms with van der Waals surface area (Å²) < 4.78 is 13.4. The molecule has 2 atom stereocenters. The number of rotatable bonds is 3. The molecule has 1 unspecified atom stereocenters. The van der Waals surface area contributed by atoms with Crippen molar-refractivity contribution >= 4 is 17.0 Å². The van der Waals surface area contributed by atoms with Gasteiger partial charge in [-0.25, -0.2) is 8.51 Å². The first kappa shape index (κ1) is 11.7. The molecule has 0 aromatic heterocycles. The van der Waals surface area contributed by atoms with E-state index < -0.39 is 23.0 Å². The van der Waals surface area contributed by atoms with Crippen LogP contribution in [-0.2, 0) is 15.8 Å². The lowest BCUT2D eigenvalue weighted by Gasteiger charge is -2.32. The third-order valence-electron chi connectivity index (χ3n) is 2.37. The quantitative estimate of drug-likeness (QED) is 0.770. The Morgan fingerprint density at radius 1 is 1.50 bits per heavy atom. The summed E-state index contributed by atoms with van der Waals surface area (Å²) in [5, 5.41) is 8.96. The standard InChI is InChI=1S/C9H17NO3S/c1-7(2)14(13)10-6-4-3-5-8(10)9(11)12/h7-8H,3-6H2,1-2H3,(H,11,12)/t8-,14?/m0/s1. The Morgan fingerprint density at radius 3 is 2.64 bits per heavy atom. The second kappa shape index (κ2) is 4.89. The van der Waals surface area contributed by atoms with Crippen LogP contribution < -0.4 is 0 Å². The fourth-order valence-electron chi connectivity index (χ4n) is 1.64. The van der Waals surface area contributed by atoms with Crippen LogP contribution in [0.2, 0.25) is 0 Å². The molecule has 4 nitrogen and oxygen atoms in total. The third-order valence-corrected chi connectivity index (χ3v) is 4.08. The van der Waals surface area contributed by atoms with Gasteiger partial charge in [-0.1, -0.05) is 0 Å². The molecule has 0 spiro atoms. The Balaban J connectivity index is 2.72. The van der Waals surface area contributed by atoms with Gasteiger partial charge in [-0.3, -0.25) is 4.79 Å². The lowest BCUT2D eigenvalue weighted by atomic mass is 10.1. The Bertz CT molecular complexity index is 242. The highest BCUT2D eigenvalue weighted by Crippen LogP contribution is 2.20. The molecule has 1 fully saturated rings. The monoisotopic (exact) mass is 219 g/mol. The van der Waals surface area contributed by atoms with Gasteiger partial charge >= 0.3 is 5.97 Å².